The molecule has 0 unspecified atom stereocenters. The first-order chi connectivity index (χ1) is 9.34. The van der Waals surface area contributed by atoms with Crippen molar-refractivity contribution in [2.24, 2.45) is 7.05 Å². The molecule has 2 heterocycles. The van der Waals surface area contributed by atoms with Gasteiger partial charge in [-0.1, -0.05) is 6.42 Å². The third kappa shape index (κ3) is 2.59. The maximum atomic E-state index is 4.43. The van der Waals surface area contributed by atoms with Crippen molar-refractivity contribution in [1.29, 1.82) is 0 Å². The second kappa shape index (κ2) is 5.38. The number of hydrogen-bond acceptors (Lipinski definition) is 4. The van der Waals surface area contributed by atoms with Crippen molar-refractivity contribution in [3.8, 4) is 0 Å². The molecule has 100 valence electrons. The van der Waals surface area contributed by atoms with Gasteiger partial charge in [-0.25, -0.2) is 15.0 Å². The Morgan fingerprint density at radius 3 is 2.89 bits per heavy atom. The van der Waals surface area contributed by atoms with Crippen molar-refractivity contribution in [3.63, 3.8) is 0 Å². The highest BCUT2D eigenvalue weighted by Gasteiger charge is 2.14. The molecule has 0 atom stereocenters. The number of imidazole rings is 1. The van der Waals surface area contributed by atoms with Crippen LogP contribution in [-0.2, 0) is 26.4 Å². The summed E-state index contributed by atoms with van der Waals surface area (Å²) in [5.74, 6) is 2.00. The summed E-state index contributed by atoms with van der Waals surface area (Å²) in [4.78, 5) is 13.2. The van der Waals surface area contributed by atoms with Crippen LogP contribution in [-0.4, -0.2) is 19.5 Å². The summed E-state index contributed by atoms with van der Waals surface area (Å²) in [7, 11) is 2.00. The molecule has 0 aliphatic heterocycles. The van der Waals surface area contributed by atoms with E-state index in [-0.39, 0.29) is 0 Å². The minimum Gasteiger partial charge on any atom is -0.363 e. The van der Waals surface area contributed by atoms with Crippen LogP contribution in [0.1, 0.15) is 36.3 Å². The predicted molar refractivity (Wildman–Crippen MR) is 73.8 cm³/mol. The van der Waals surface area contributed by atoms with E-state index in [2.05, 4.69) is 20.3 Å². The minimum absolute atomic E-state index is 0.701. The fourth-order valence-electron chi connectivity index (χ4n) is 2.58. The number of aryl methyl sites for hydroxylation is 2. The van der Waals surface area contributed by atoms with Gasteiger partial charge in [0.1, 0.15) is 18.0 Å². The highest BCUT2D eigenvalue weighted by atomic mass is 15.1. The molecule has 1 aliphatic carbocycles. The highest BCUT2D eigenvalue weighted by molar-refractivity contribution is 5.46. The monoisotopic (exact) mass is 257 g/mol. The zero-order chi connectivity index (χ0) is 13.1. The number of rotatable bonds is 3. The Balaban J connectivity index is 1.79. The summed E-state index contributed by atoms with van der Waals surface area (Å²) in [6.45, 7) is 0.701. The van der Waals surface area contributed by atoms with E-state index in [0.717, 1.165) is 24.5 Å². The van der Waals surface area contributed by atoms with Crippen molar-refractivity contribution in [2.45, 2.75) is 38.6 Å². The lowest BCUT2D eigenvalue weighted by atomic mass is 10.1. The molecule has 5 heteroatoms. The number of hydrogen-bond donors (Lipinski definition) is 1. The maximum Gasteiger partial charge on any atom is 0.133 e. The van der Waals surface area contributed by atoms with Crippen molar-refractivity contribution in [2.75, 3.05) is 5.32 Å². The van der Waals surface area contributed by atoms with Gasteiger partial charge in [-0.05, 0) is 25.7 Å². The molecule has 0 bridgehead atoms. The molecule has 19 heavy (non-hydrogen) atoms. The van der Waals surface area contributed by atoms with Gasteiger partial charge in [-0.2, -0.15) is 0 Å². The van der Waals surface area contributed by atoms with E-state index in [4.69, 9.17) is 0 Å². The van der Waals surface area contributed by atoms with Crippen LogP contribution in [0.3, 0.4) is 0 Å². The van der Waals surface area contributed by atoms with Gasteiger partial charge in [-0.15, -0.1) is 0 Å². The second-order valence-corrected chi connectivity index (χ2v) is 5.02. The summed E-state index contributed by atoms with van der Waals surface area (Å²) in [6, 6.07) is 0. The molecular formula is C14H19N5. The Bertz CT molecular complexity index is 561. The van der Waals surface area contributed by atoms with Crippen LogP contribution in [0.15, 0.2) is 18.7 Å². The summed E-state index contributed by atoms with van der Waals surface area (Å²) in [5, 5.41) is 3.41. The lowest BCUT2D eigenvalue weighted by Gasteiger charge is -2.12. The highest BCUT2D eigenvalue weighted by Crippen LogP contribution is 2.23. The summed E-state index contributed by atoms with van der Waals surface area (Å²) in [5.41, 5.74) is 2.52. The van der Waals surface area contributed by atoms with E-state index in [1.54, 1.807) is 6.33 Å². The van der Waals surface area contributed by atoms with Crippen LogP contribution >= 0.6 is 0 Å². The van der Waals surface area contributed by atoms with Gasteiger partial charge in [0.15, 0.2) is 0 Å². The van der Waals surface area contributed by atoms with E-state index in [1.807, 2.05) is 24.0 Å². The van der Waals surface area contributed by atoms with Crippen LogP contribution in [0.5, 0.6) is 0 Å². The molecule has 0 fully saturated rings. The van der Waals surface area contributed by atoms with Crippen molar-refractivity contribution < 1.29 is 0 Å². The van der Waals surface area contributed by atoms with Crippen molar-refractivity contribution in [3.05, 3.63) is 35.8 Å². The molecular weight excluding hydrogens is 238 g/mol. The third-order valence-electron chi connectivity index (χ3n) is 3.71. The minimum atomic E-state index is 0.701. The van der Waals surface area contributed by atoms with Gasteiger partial charge < -0.3 is 9.88 Å². The molecule has 1 N–H and O–H groups in total. The van der Waals surface area contributed by atoms with Crippen LogP contribution in [0, 0.1) is 0 Å². The van der Waals surface area contributed by atoms with E-state index >= 15 is 0 Å². The Morgan fingerprint density at radius 2 is 2.05 bits per heavy atom. The van der Waals surface area contributed by atoms with E-state index < -0.39 is 0 Å². The Labute approximate surface area is 113 Å². The number of nitrogens with one attached hydrogen (secondary N) is 1. The first-order valence-corrected chi connectivity index (χ1v) is 6.87. The standard InChI is InChI=1S/C14H19N5/c1-19-8-7-15-13(19)9-16-14-11-5-3-2-4-6-12(11)17-10-18-14/h7-8,10H,2-6,9H2,1H3,(H,16,17,18). The average Bonchev–Trinajstić information content (AvgIpc) is 2.69. The molecule has 5 nitrogen and oxygen atoms in total. The van der Waals surface area contributed by atoms with Crippen LogP contribution in [0.25, 0.3) is 0 Å². The zero-order valence-electron chi connectivity index (χ0n) is 11.3. The summed E-state index contributed by atoms with van der Waals surface area (Å²) < 4.78 is 2.02. The van der Waals surface area contributed by atoms with Crippen molar-refractivity contribution in [1.82, 2.24) is 19.5 Å². The van der Waals surface area contributed by atoms with Crippen LogP contribution in [0.2, 0.25) is 0 Å². The van der Waals surface area contributed by atoms with Crippen LogP contribution < -0.4 is 5.32 Å². The first kappa shape index (κ1) is 12.1. The zero-order valence-corrected chi connectivity index (χ0v) is 11.3. The summed E-state index contributed by atoms with van der Waals surface area (Å²) >= 11 is 0. The van der Waals surface area contributed by atoms with Gasteiger partial charge in [0.05, 0.1) is 6.54 Å². The predicted octanol–water partition coefficient (Wildman–Crippen LogP) is 2.09. The van der Waals surface area contributed by atoms with Gasteiger partial charge in [0.2, 0.25) is 0 Å². The quantitative estimate of drug-likeness (QED) is 0.855. The van der Waals surface area contributed by atoms with E-state index in [0.29, 0.717) is 6.54 Å². The number of aromatic nitrogens is 4. The van der Waals surface area contributed by atoms with Gasteiger partial charge >= 0.3 is 0 Å². The van der Waals surface area contributed by atoms with Gasteiger partial charge in [0.25, 0.3) is 0 Å². The molecule has 0 spiro atoms. The maximum absolute atomic E-state index is 4.43. The second-order valence-electron chi connectivity index (χ2n) is 5.02. The number of anilines is 1. The fourth-order valence-corrected chi connectivity index (χ4v) is 2.58. The van der Waals surface area contributed by atoms with Gasteiger partial charge in [-0.3, -0.25) is 0 Å². The largest absolute Gasteiger partial charge is 0.363 e. The third-order valence-corrected chi connectivity index (χ3v) is 3.71. The Hall–Kier alpha value is -1.91. The number of nitrogens with zero attached hydrogens (tertiary/aromatic N) is 4. The molecule has 2 aromatic heterocycles. The smallest absolute Gasteiger partial charge is 0.133 e. The molecule has 2 aromatic rings. The molecule has 0 saturated heterocycles. The molecule has 3 rings (SSSR count). The van der Waals surface area contributed by atoms with E-state index in [1.165, 1.54) is 30.5 Å². The first-order valence-electron chi connectivity index (χ1n) is 6.87. The molecule has 1 aliphatic rings. The van der Waals surface area contributed by atoms with E-state index in [9.17, 15) is 0 Å². The van der Waals surface area contributed by atoms with Crippen LogP contribution in [0.4, 0.5) is 5.82 Å². The molecule has 0 amide bonds. The SMILES string of the molecule is Cn1ccnc1CNc1ncnc2c1CCCCC2. The summed E-state index contributed by atoms with van der Waals surface area (Å²) in [6.07, 6.45) is 11.4. The normalized spacial score (nSPS) is 14.8. The average molecular weight is 257 g/mol. The van der Waals surface area contributed by atoms with Gasteiger partial charge in [0, 0.05) is 30.7 Å². The topological polar surface area (TPSA) is 55.6 Å². The lowest BCUT2D eigenvalue weighted by Crippen LogP contribution is -2.10. The lowest BCUT2D eigenvalue weighted by molar-refractivity contribution is 0.708. The fraction of sp³-hybridized carbons (Fsp3) is 0.500. The molecule has 0 aromatic carbocycles. The Morgan fingerprint density at radius 1 is 1.16 bits per heavy atom. The molecule has 0 saturated carbocycles. The molecule has 0 radical (unpaired) electrons. The Kier molecular flexibility index (Phi) is 3.44. The number of fused-ring (bicyclic) bond motifs is 1. The van der Waals surface area contributed by atoms with Crippen molar-refractivity contribution >= 4 is 5.82 Å².